The van der Waals surface area contributed by atoms with Crippen LogP contribution in [-0.2, 0) is 16.1 Å². The van der Waals surface area contributed by atoms with E-state index in [1.54, 1.807) is 6.20 Å². The van der Waals surface area contributed by atoms with E-state index in [9.17, 15) is 4.79 Å². The number of nitrogens with one attached hydrogen (secondary N) is 1. The van der Waals surface area contributed by atoms with Gasteiger partial charge in [0.2, 0.25) is 5.91 Å². The summed E-state index contributed by atoms with van der Waals surface area (Å²) in [5.41, 5.74) is 6.53. The number of hydrogen-bond acceptors (Lipinski definition) is 4. The first-order valence-corrected chi connectivity index (χ1v) is 7.36. The van der Waals surface area contributed by atoms with Crippen LogP contribution in [0, 0.1) is 0 Å². The molecule has 20 heavy (non-hydrogen) atoms. The lowest BCUT2D eigenvalue weighted by molar-refractivity contribution is -0.118. The number of amides is 1. The van der Waals surface area contributed by atoms with Crippen molar-refractivity contribution in [2.45, 2.75) is 56.7 Å². The molecular formula is C14H22N4O2. The molecule has 6 heteroatoms. The summed E-state index contributed by atoms with van der Waals surface area (Å²) in [6.07, 6.45) is 9.39. The number of hydrogen-bond donors (Lipinski definition) is 2. The van der Waals surface area contributed by atoms with E-state index in [2.05, 4.69) is 10.4 Å². The van der Waals surface area contributed by atoms with Gasteiger partial charge in [0, 0.05) is 24.8 Å². The number of aromatic nitrogens is 2. The Morgan fingerprint density at radius 1 is 1.55 bits per heavy atom. The van der Waals surface area contributed by atoms with Gasteiger partial charge >= 0.3 is 0 Å². The minimum absolute atomic E-state index is 0.0242. The Morgan fingerprint density at radius 3 is 3.05 bits per heavy atom. The molecule has 1 aromatic heterocycles. The molecule has 0 spiro atoms. The lowest BCUT2D eigenvalue weighted by Crippen LogP contribution is -2.48. The molecule has 0 bridgehead atoms. The van der Waals surface area contributed by atoms with Gasteiger partial charge in [-0.2, -0.15) is 5.10 Å². The monoisotopic (exact) mass is 278 g/mol. The van der Waals surface area contributed by atoms with Gasteiger partial charge in [-0.3, -0.25) is 9.48 Å². The van der Waals surface area contributed by atoms with Crippen molar-refractivity contribution in [3.05, 3.63) is 12.4 Å². The molecule has 3 N–H and O–H groups in total. The fourth-order valence-corrected chi connectivity index (χ4v) is 2.86. The number of nitrogens with zero attached hydrogens (tertiary/aromatic N) is 2. The molecule has 1 saturated heterocycles. The minimum atomic E-state index is -0.280. The molecular weight excluding hydrogens is 256 g/mol. The van der Waals surface area contributed by atoms with E-state index in [4.69, 9.17) is 10.5 Å². The van der Waals surface area contributed by atoms with Crippen LogP contribution in [0.25, 0.3) is 0 Å². The number of carbonyl (C=O) groups excluding carboxylic acids is 1. The molecule has 1 atom stereocenters. The predicted molar refractivity (Wildman–Crippen MR) is 75.2 cm³/mol. The van der Waals surface area contributed by atoms with E-state index in [1.807, 2.05) is 10.9 Å². The van der Waals surface area contributed by atoms with Crippen LogP contribution >= 0.6 is 0 Å². The molecule has 1 aromatic rings. The first kappa shape index (κ1) is 13.6. The maximum absolute atomic E-state index is 11.9. The molecule has 1 aliphatic carbocycles. The summed E-state index contributed by atoms with van der Waals surface area (Å²) in [4.78, 5) is 11.9. The third-order valence-corrected chi connectivity index (χ3v) is 4.19. The largest absolute Gasteiger partial charge is 0.376 e. The number of anilines is 1. The molecule has 1 aliphatic heterocycles. The second kappa shape index (κ2) is 5.54. The lowest BCUT2D eigenvalue weighted by Gasteiger charge is -2.37. The first-order valence-electron chi connectivity index (χ1n) is 7.36. The normalized spacial score (nSPS) is 24.4. The standard InChI is InChI=1S/C14H22N4O2/c15-14(4-2-5-14)7-13(19)17-11-8-16-18(9-11)10-12-3-1-6-20-12/h8-9,12H,1-7,10,15H2,(H,17,19). The van der Waals surface area contributed by atoms with Gasteiger partial charge in [0.15, 0.2) is 0 Å². The van der Waals surface area contributed by atoms with Crippen LogP contribution in [0.3, 0.4) is 0 Å². The van der Waals surface area contributed by atoms with Gasteiger partial charge in [0.1, 0.15) is 0 Å². The molecule has 0 aromatic carbocycles. The molecule has 2 fully saturated rings. The maximum Gasteiger partial charge on any atom is 0.226 e. The summed E-state index contributed by atoms with van der Waals surface area (Å²) in [6.45, 7) is 1.59. The van der Waals surface area contributed by atoms with E-state index in [0.717, 1.165) is 50.9 Å². The first-order chi connectivity index (χ1) is 9.63. The molecule has 1 unspecified atom stereocenters. The predicted octanol–water partition coefficient (Wildman–Crippen LogP) is 1.27. The Morgan fingerprint density at radius 2 is 2.40 bits per heavy atom. The van der Waals surface area contributed by atoms with Crippen molar-refractivity contribution in [2.24, 2.45) is 5.73 Å². The number of rotatable bonds is 5. The molecule has 0 radical (unpaired) electrons. The van der Waals surface area contributed by atoms with Crippen molar-refractivity contribution in [3.8, 4) is 0 Å². The highest BCUT2D eigenvalue weighted by Gasteiger charge is 2.34. The Labute approximate surface area is 118 Å². The van der Waals surface area contributed by atoms with E-state index in [0.29, 0.717) is 6.42 Å². The Bertz CT molecular complexity index is 475. The zero-order chi connectivity index (χ0) is 14.0. The fourth-order valence-electron chi connectivity index (χ4n) is 2.86. The lowest BCUT2D eigenvalue weighted by atomic mass is 9.75. The summed E-state index contributed by atoms with van der Waals surface area (Å²) in [5, 5.41) is 7.12. The van der Waals surface area contributed by atoms with Gasteiger partial charge in [-0.15, -0.1) is 0 Å². The van der Waals surface area contributed by atoms with E-state index >= 15 is 0 Å². The highest BCUT2D eigenvalue weighted by atomic mass is 16.5. The number of carbonyl (C=O) groups is 1. The van der Waals surface area contributed by atoms with Gasteiger partial charge in [-0.25, -0.2) is 0 Å². The summed E-state index contributed by atoms with van der Waals surface area (Å²) in [5.74, 6) is -0.0242. The molecule has 1 saturated carbocycles. The summed E-state index contributed by atoms with van der Waals surface area (Å²) in [7, 11) is 0. The molecule has 6 nitrogen and oxygen atoms in total. The fraction of sp³-hybridized carbons (Fsp3) is 0.714. The van der Waals surface area contributed by atoms with Crippen LogP contribution < -0.4 is 11.1 Å². The van der Waals surface area contributed by atoms with Crippen molar-refractivity contribution in [1.82, 2.24) is 9.78 Å². The van der Waals surface area contributed by atoms with Crippen molar-refractivity contribution >= 4 is 11.6 Å². The van der Waals surface area contributed by atoms with Crippen LogP contribution in [0.15, 0.2) is 12.4 Å². The molecule has 2 aliphatic rings. The van der Waals surface area contributed by atoms with Gasteiger partial charge in [-0.05, 0) is 32.1 Å². The average Bonchev–Trinajstić information content (AvgIpc) is 3.00. The van der Waals surface area contributed by atoms with Gasteiger partial charge in [0.05, 0.1) is 24.5 Å². The maximum atomic E-state index is 11.9. The van der Waals surface area contributed by atoms with Gasteiger partial charge in [-0.1, -0.05) is 0 Å². The van der Waals surface area contributed by atoms with Gasteiger partial charge < -0.3 is 15.8 Å². The highest BCUT2D eigenvalue weighted by Crippen LogP contribution is 2.32. The van der Waals surface area contributed by atoms with Crippen LogP contribution in [0.4, 0.5) is 5.69 Å². The van der Waals surface area contributed by atoms with E-state index < -0.39 is 0 Å². The molecule has 2 heterocycles. The van der Waals surface area contributed by atoms with E-state index in [-0.39, 0.29) is 17.6 Å². The average molecular weight is 278 g/mol. The zero-order valence-corrected chi connectivity index (χ0v) is 11.7. The quantitative estimate of drug-likeness (QED) is 0.850. The molecule has 110 valence electrons. The van der Waals surface area contributed by atoms with Crippen LogP contribution in [-0.4, -0.2) is 33.9 Å². The van der Waals surface area contributed by atoms with E-state index in [1.165, 1.54) is 0 Å². The van der Waals surface area contributed by atoms with Crippen molar-refractivity contribution in [2.75, 3.05) is 11.9 Å². The Kier molecular flexibility index (Phi) is 3.76. The molecule has 1 amide bonds. The number of nitrogens with two attached hydrogens (primary N) is 1. The summed E-state index contributed by atoms with van der Waals surface area (Å²) >= 11 is 0. The smallest absolute Gasteiger partial charge is 0.226 e. The van der Waals surface area contributed by atoms with Crippen molar-refractivity contribution < 1.29 is 9.53 Å². The second-order valence-corrected chi connectivity index (χ2v) is 6.03. The van der Waals surface area contributed by atoms with Crippen LogP contribution in [0.2, 0.25) is 0 Å². The molecule has 3 rings (SSSR count). The van der Waals surface area contributed by atoms with Crippen molar-refractivity contribution in [1.29, 1.82) is 0 Å². The minimum Gasteiger partial charge on any atom is -0.376 e. The third-order valence-electron chi connectivity index (χ3n) is 4.19. The topological polar surface area (TPSA) is 82.2 Å². The van der Waals surface area contributed by atoms with Crippen LogP contribution in [0.5, 0.6) is 0 Å². The Balaban J connectivity index is 1.50. The van der Waals surface area contributed by atoms with Crippen molar-refractivity contribution in [3.63, 3.8) is 0 Å². The SMILES string of the molecule is NC1(CC(=O)Nc2cnn(CC3CCCO3)c2)CCC1. The zero-order valence-electron chi connectivity index (χ0n) is 11.7. The summed E-state index contributed by atoms with van der Waals surface area (Å²) < 4.78 is 7.40. The Hall–Kier alpha value is -1.40. The summed E-state index contributed by atoms with van der Waals surface area (Å²) in [6, 6.07) is 0. The highest BCUT2D eigenvalue weighted by molar-refractivity contribution is 5.91. The third kappa shape index (κ3) is 3.19. The second-order valence-electron chi connectivity index (χ2n) is 6.03. The van der Waals surface area contributed by atoms with Gasteiger partial charge in [0.25, 0.3) is 0 Å². The van der Waals surface area contributed by atoms with Crippen LogP contribution in [0.1, 0.15) is 38.5 Å². The number of ether oxygens (including phenoxy) is 1.